The van der Waals surface area contributed by atoms with Crippen molar-refractivity contribution in [3.63, 3.8) is 0 Å². The number of carbonyl (C=O) groups is 2. The van der Waals surface area contributed by atoms with Crippen LogP contribution in [0.3, 0.4) is 0 Å². The molecule has 0 saturated carbocycles. The molecule has 0 bridgehead atoms. The van der Waals surface area contributed by atoms with Gasteiger partial charge in [0.25, 0.3) is 5.91 Å². The summed E-state index contributed by atoms with van der Waals surface area (Å²) < 4.78 is 5.64. The van der Waals surface area contributed by atoms with Gasteiger partial charge in [0.2, 0.25) is 0 Å². The highest BCUT2D eigenvalue weighted by Crippen LogP contribution is 2.22. The third kappa shape index (κ3) is 4.81. The number of hydrogen-bond acceptors (Lipinski definition) is 3. The second-order valence-electron chi connectivity index (χ2n) is 4.87. The fourth-order valence-corrected chi connectivity index (χ4v) is 2.77. The van der Waals surface area contributed by atoms with E-state index < -0.39 is 11.9 Å². The van der Waals surface area contributed by atoms with Crippen molar-refractivity contribution in [1.29, 1.82) is 0 Å². The summed E-state index contributed by atoms with van der Waals surface area (Å²) in [5, 5.41) is 3.32. The maximum absolute atomic E-state index is 11.9. The van der Waals surface area contributed by atoms with Crippen LogP contribution in [0.25, 0.3) is 0 Å². The number of halogens is 2. The second-order valence-corrected chi connectivity index (χ2v) is 6.13. The van der Waals surface area contributed by atoms with Gasteiger partial charge in [0.05, 0.1) is 11.6 Å². The van der Waals surface area contributed by atoms with E-state index in [-0.39, 0.29) is 12.6 Å². The zero-order valence-corrected chi connectivity index (χ0v) is 14.7. The summed E-state index contributed by atoms with van der Waals surface area (Å²) in [7, 11) is 0. The average Bonchev–Trinajstić information content (AvgIpc) is 2.53. The van der Waals surface area contributed by atoms with Gasteiger partial charge < -0.3 is 10.1 Å². The summed E-state index contributed by atoms with van der Waals surface area (Å²) in [4.78, 5) is 23.8. The lowest BCUT2D eigenvalue weighted by Gasteiger charge is -2.15. The molecule has 0 fully saturated rings. The summed E-state index contributed by atoms with van der Waals surface area (Å²) in [5.74, 6) is -0.948. The van der Waals surface area contributed by atoms with Crippen molar-refractivity contribution in [2.45, 2.75) is 13.0 Å². The Balaban J connectivity index is 1.89. The zero-order chi connectivity index (χ0) is 16.8. The first-order chi connectivity index (χ1) is 11.0. The number of nitrogens with one attached hydrogen (secondary N) is 1. The van der Waals surface area contributed by atoms with Crippen molar-refractivity contribution in [2.24, 2.45) is 0 Å². The lowest BCUT2D eigenvalue weighted by atomic mass is 10.1. The molecular weight excluding hydrogens is 382 g/mol. The van der Waals surface area contributed by atoms with Gasteiger partial charge in [-0.2, -0.15) is 0 Å². The molecule has 0 aliphatic carbocycles. The highest BCUT2D eigenvalue weighted by Gasteiger charge is 2.15. The van der Waals surface area contributed by atoms with Crippen LogP contribution < -0.4 is 5.32 Å². The smallest absolute Gasteiger partial charge is 0.339 e. The molecule has 1 N–H and O–H groups in total. The minimum atomic E-state index is -0.557. The second kappa shape index (κ2) is 8.13. The van der Waals surface area contributed by atoms with Crippen LogP contribution in [0.5, 0.6) is 0 Å². The zero-order valence-electron chi connectivity index (χ0n) is 12.4. The molecule has 0 aliphatic rings. The van der Waals surface area contributed by atoms with E-state index in [0.717, 1.165) is 5.56 Å². The van der Waals surface area contributed by atoms with Gasteiger partial charge >= 0.3 is 5.97 Å². The van der Waals surface area contributed by atoms with Gasteiger partial charge in [-0.3, -0.25) is 4.79 Å². The summed E-state index contributed by atoms with van der Waals surface area (Å²) in [6, 6.07) is 13.8. The van der Waals surface area contributed by atoms with E-state index in [9.17, 15) is 9.59 Å². The van der Waals surface area contributed by atoms with Crippen molar-refractivity contribution < 1.29 is 14.3 Å². The highest BCUT2D eigenvalue weighted by atomic mass is 79.9. The molecule has 0 radical (unpaired) electrons. The molecule has 1 atom stereocenters. The monoisotopic (exact) mass is 395 g/mol. The Morgan fingerprint density at radius 2 is 1.83 bits per heavy atom. The SMILES string of the molecule is C[C@@H](NC(=O)COC(=O)c1ccccc1Br)c1ccccc1Cl. The van der Waals surface area contributed by atoms with Crippen molar-refractivity contribution in [1.82, 2.24) is 5.32 Å². The van der Waals surface area contributed by atoms with E-state index >= 15 is 0 Å². The lowest BCUT2D eigenvalue weighted by molar-refractivity contribution is -0.124. The van der Waals surface area contributed by atoms with Crippen molar-refractivity contribution in [2.75, 3.05) is 6.61 Å². The Labute approximate surface area is 147 Å². The Bertz CT molecular complexity index is 720. The minimum absolute atomic E-state index is 0.279. The largest absolute Gasteiger partial charge is 0.452 e. The molecule has 2 aromatic carbocycles. The van der Waals surface area contributed by atoms with Gasteiger partial charge in [-0.15, -0.1) is 0 Å². The molecule has 120 valence electrons. The van der Waals surface area contributed by atoms with Gasteiger partial charge in [0, 0.05) is 9.50 Å². The van der Waals surface area contributed by atoms with E-state index in [1.54, 1.807) is 30.3 Å². The van der Waals surface area contributed by atoms with E-state index in [1.165, 1.54) is 0 Å². The van der Waals surface area contributed by atoms with Crippen LogP contribution in [-0.4, -0.2) is 18.5 Å². The third-order valence-electron chi connectivity index (χ3n) is 3.18. The molecule has 2 aromatic rings. The van der Waals surface area contributed by atoms with Crippen LogP contribution >= 0.6 is 27.5 Å². The molecule has 23 heavy (non-hydrogen) atoms. The topological polar surface area (TPSA) is 55.4 Å². The number of ether oxygens (including phenoxy) is 1. The Morgan fingerprint density at radius 3 is 2.52 bits per heavy atom. The molecule has 4 nitrogen and oxygen atoms in total. The van der Waals surface area contributed by atoms with Crippen LogP contribution in [0.2, 0.25) is 5.02 Å². The number of carbonyl (C=O) groups excluding carboxylic acids is 2. The molecular formula is C17H15BrClNO3. The van der Waals surface area contributed by atoms with Crippen molar-refractivity contribution in [3.8, 4) is 0 Å². The first-order valence-corrected chi connectivity index (χ1v) is 8.11. The molecule has 0 spiro atoms. The maximum Gasteiger partial charge on any atom is 0.339 e. The van der Waals surface area contributed by atoms with Gasteiger partial charge in [0.15, 0.2) is 6.61 Å². The first kappa shape index (κ1) is 17.5. The number of hydrogen-bond donors (Lipinski definition) is 1. The number of rotatable bonds is 5. The quantitative estimate of drug-likeness (QED) is 0.773. The fraction of sp³-hybridized carbons (Fsp3) is 0.176. The number of amides is 1. The standard InChI is InChI=1S/C17H15BrClNO3/c1-11(12-6-3-5-9-15(12)19)20-16(21)10-23-17(22)13-7-2-4-8-14(13)18/h2-9,11H,10H2,1H3,(H,20,21)/t11-/m1/s1. The van der Waals surface area contributed by atoms with Crippen LogP contribution in [0, 0.1) is 0 Å². The lowest BCUT2D eigenvalue weighted by Crippen LogP contribution is -2.31. The highest BCUT2D eigenvalue weighted by molar-refractivity contribution is 9.10. The molecule has 0 heterocycles. The molecule has 0 saturated heterocycles. The van der Waals surface area contributed by atoms with Gasteiger partial charge in [0.1, 0.15) is 0 Å². The third-order valence-corrected chi connectivity index (χ3v) is 4.21. The molecule has 1 amide bonds. The van der Waals surface area contributed by atoms with Crippen LogP contribution in [-0.2, 0) is 9.53 Å². The van der Waals surface area contributed by atoms with Gasteiger partial charge in [-0.05, 0) is 46.6 Å². The summed E-state index contributed by atoms with van der Waals surface area (Å²) in [5.41, 5.74) is 1.18. The van der Waals surface area contributed by atoms with Gasteiger partial charge in [-0.25, -0.2) is 4.79 Å². The maximum atomic E-state index is 11.9. The predicted molar refractivity (Wildman–Crippen MR) is 92.4 cm³/mol. The summed E-state index contributed by atoms with van der Waals surface area (Å²) in [6.07, 6.45) is 0. The van der Waals surface area contributed by atoms with E-state index in [0.29, 0.717) is 15.1 Å². The minimum Gasteiger partial charge on any atom is -0.452 e. The molecule has 0 aromatic heterocycles. The van der Waals surface area contributed by atoms with Crippen LogP contribution in [0.15, 0.2) is 53.0 Å². The molecule has 6 heteroatoms. The Kier molecular flexibility index (Phi) is 6.19. The number of benzene rings is 2. The first-order valence-electron chi connectivity index (χ1n) is 6.94. The predicted octanol–water partition coefficient (Wildman–Crippen LogP) is 4.14. The summed E-state index contributed by atoms with van der Waals surface area (Å²) >= 11 is 9.35. The van der Waals surface area contributed by atoms with Gasteiger partial charge in [-0.1, -0.05) is 41.9 Å². The molecule has 0 aliphatic heterocycles. The van der Waals surface area contributed by atoms with E-state index in [2.05, 4.69) is 21.2 Å². The average molecular weight is 397 g/mol. The van der Waals surface area contributed by atoms with E-state index in [1.807, 2.05) is 25.1 Å². The summed E-state index contributed by atoms with van der Waals surface area (Å²) in [6.45, 7) is 1.46. The molecule has 2 rings (SSSR count). The van der Waals surface area contributed by atoms with Crippen molar-refractivity contribution in [3.05, 3.63) is 69.2 Å². The molecule has 0 unspecified atom stereocenters. The Hall–Kier alpha value is -1.85. The number of esters is 1. The van der Waals surface area contributed by atoms with E-state index in [4.69, 9.17) is 16.3 Å². The fourth-order valence-electron chi connectivity index (χ4n) is 2.02. The Morgan fingerprint density at radius 1 is 1.17 bits per heavy atom. The van der Waals surface area contributed by atoms with Crippen molar-refractivity contribution >= 4 is 39.4 Å². The normalized spacial score (nSPS) is 11.6. The van der Waals surface area contributed by atoms with Crippen LogP contribution in [0.4, 0.5) is 0 Å². The van der Waals surface area contributed by atoms with Crippen LogP contribution in [0.1, 0.15) is 28.9 Å².